The van der Waals surface area contributed by atoms with Gasteiger partial charge in [0.25, 0.3) is 0 Å². The van der Waals surface area contributed by atoms with Crippen LogP contribution in [-0.2, 0) is 9.53 Å². The van der Waals surface area contributed by atoms with Crippen LogP contribution in [0.15, 0.2) is 12.1 Å². The molecule has 19 heavy (non-hydrogen) atoms. The number of ketones is 1. The van der Waals surface area contributed by atoms with Crippen molar-refractivity contribution in [1.29, 1.82) is 0 Å². The largest absolute Gasteiger partial charge is 0.485 e. The Bertz CT molecular complexity index is 490. The van der Waals surface area contributed by atoms with Gasteiger partial charge in [-0.2, -0.15) is 0 Å². The highest BCUT2D eigenvalue weighted by Gasteiger charge is 2.42. The Balaban J connectivity index is 2.05. The lowest BCUT2D eigenvalue weighted by Gasteiger charge is -2.34. The molecule has 1 aliphatic carbocycles. The third-order valence-electron chi connectivity index (χ3n) is 2.81. The molecular weight excluding hydrogens is 310 g/mol. The number of Topliss-reactive ketones (excluding diaryl/α,β-unsaturated/α-hetero) is 1. The highest BCUT2D eigenvalue weighted by molar-refractivity contribution is 6.43. The quantitative estimate of drug-likeness (QED) is 0.763. The van der Waals surface area contributed by atoms with Gasteiger partial charge in [-0.15, -0.1) is 0 Å². The minimum atomic E-state index is -0.509. The zero-order valence-corrected chi connectivity index (χ0v) is 12.6. The van der Waals surface area contributed by atoms with Gasteiger partial charge in [-0.05, 0) is 12.5 Å². The molecule has 2 unspecified atom stereocenters. The molecule has 0 heterocycles. The summed E-state index contributed by atoms with van der Waals surface area (Å²) in [7, 11) is 0. The maximum absolute atomic E-state index is 11.5. The van der Waals surface area contributed by atoms with Crippen molar-refractivity contribution in [3.05, 3.63) is 27.2 Å². The van der Waals surface area contributed by atoms with E-state index >= 15 is 0 Å². The molecule has 0 saturated heterocycles. The number of halogens is 3. The summed E-state index contributed by atoms with van der Waals surface area (Å²) < 4.78 is 11.1. The lowest BCUT2D eigenvalue weighted by Crippen LogP contribution is -2.52. The van der Waals surface area contributed by atoms with E-state index in [4.69, 9.17) is 44.3 Å². The molecule has 0 amide bonds. The van der Waals surface area contributed by atoms with Crippen LogP contribution < -0.4 is 4.74 Å². The van der Waals surface area contributed by atoms with E-state index in [1.165, 1.54) is 6.07 Å². The zero-order valence-electron chi connectivity index (χ0n) is 10.3. The molecule has 0 aliphatic heterocycles. The summed E-state index contributed by atoms with van der Waals surface area (Å²) in [5.74, 6) is 0.466. The summed E-state index contributed by atoms with van der Waals surface area (Å²) in [6.45, 7) is 2.51. The van der Waals surface area contributed by atoms with Crippen LogP contribution in [-0.4, -0.2) is 24.6 Å². The first-order valence-corrected chi connectivity index (χ1v) is 7.11. The Labute approximate surface area is 126 Å². The second-order valence-electron chi connectivity index (χ2n) is 4.31. The molecule has 2 atom stereocenters. The first-order valence-electron chi connectivity index (χ1n) is 5.98. The van der Waals surface area contributed by atoms with Gasteiger partial charge in [0.05, 0.1) is 15.1 Å². The van der Waals surface area contributed by atoms with Crippen molar-refractivity contribution in [1.82, 2.24) is 0 Å². The minimum absolute atomic E-state index is 0.0506. The standard InChI is InChI=1S/C13H13Cl3O3/c1-2-3-18-13-10(17)6-12(13)19-11-5-8(15)7(14)4-9(11)16/h4-5,12-13H,2-3,6H2,1H3. The van der Waals surface area contributed by atoms with Crippen molar-refractivity contribution in [3.8, 4) is 5.75 Å². The Morgan fingerprint density at radius 3 is 2.53 bits per heavy atom. The van der Waals surface area contributed by atoms with E-state index in [-0.39, 0.29) is 11.9 Å². The topological polar surface area (TPSA) is 35.5 Å². The lowest BCUT2D eigenvalue weighted by molar-refractivity contribution is -0.154. The third kappa shape index (κ3) is 3.34. The Hall–Kier alpha value is -0.480. The van der Waals surface area contributed by atoms with Gasteiger partial charge in [-0.25, -0.2) is 0 Å². The average molecular weight is 324 g/mol. The number of hydrogen-bond acceptors (Lipinski definition) is 3. The maximum atomic E-state index is 11.5. The van der Waals surface area contributed by atoms with Crippen molar-refractivity contribution in [2.24, 2.45) is 0 Å². The van der Waals surface area contributed by atoms with Crippen molar-refractivity contribution >= 4 is 40.6 Å². The smallest absolute Gasteiger partial charge is 0.169 e. The number of carbonyl (C=O) groups excluding carboxylic acids is 1. The van der Waals surface area contributed by atoms with E-state index in [1.807, 2.05) is 6.92 Å². The molecule has 1 aromatic rings. The van der Waals surface area contributed by atoms with Gasteiger partial charge in [0.2, 0.25) is 0 Å². The molecule has 0 bridgehead atoms. The molecule has 0 radical (unpaired) electrons. The monoisotopic (exact) mass is 322 g/mol. The van der Waals surface area contributed by atoms with Gasteiger partial charge in [0, 0.05) is 19.1 Å². The molecule has 1 fully saturated rings. The van der Waals surface area contributed by atoms with Gasteiger partial charge in [0.15, 0.2) is 11.9 Å². The van der Waals surface area contributed by atoms with Gasteiger partial charge < -0.3 is 9.47 Å². The van der Waals surface area contributed by atoms with Crippen molar-refractivity contribution in [3.63, 3.8) is 0 Å². The fraction of sp³-hybridized carbons (Fsp3) is 0.462. The molecule has 1 aliphatic rings. The number of ether oxygens (including phenoxy) is 2. The molecule has 3 nitrogen and oxygen atoms in total. The summed E-state index contributed by atoms with van der Waals surface area (Å²) in [5, 5.41) is 1.09. The molecule has 1 saturated carbocycles. The normalized spacial score (nSPS) is 22.2. The van der Waals surface area contributed by atoms with E-state index in [9.17, 15) is 4.79 Å². The van der Waals surface area contributed by atoms with Gasteiger partial charge in [-0.1, -0.05) is 41.7 Å². The van der Waals surface area contributed by atoms with Crippen molar-refractivity contribution in [2.75, 3.05) is 6.61 Å². The SMILES string of the molecule is CCCOC1C(=O)CC1Oc1cc(Cl)c(Cl)cc1Cl. The molecule has 0 aromatic heterocycles. The number of rotatable bonds is 5. The molecule has 0 N–H and O–H groups in total. The molecule has 104 valence electrons. The van der Waals surface area contributed by atoms with Crippen LogP contribution in [0.2, 0.25) is 15.1 Å². The third-order valence-corrected chi connectivity index (χ3v) is 3.83. The molecule has 0 spiro atoms. The Morgan fingerprint density at radius 1 is 1.21 bits per heavy atom. The van der Waals surface area contributed by atoms with Crippen LogP contribution in [0.25, 0.3) is 0 Å². The predicted molar refractivity (Wildman–Crippen MR) is 75.5 cm³/mol. The number of hydrogen-bond donors (Lipinski definition) is 0. The van der Waals surface area contributed by atoms with E-state index < -0.39 is 6.10 Å². The zero-order chi connectivity index (χ0) is 14.0. The van der Waals surface area contributed by atoms with Crippen molar-refractivity contribution in [2.45, 2.75) is 32.0 Å². The Kier molecular flexibility index (Phi) is 4.96. The van der Waals surface area contributed by atoms with Crippen LogP contribution >= 0.6 is 34.8 Å². The Morgan fingerprint density at radius 2 is 1.89 bits per heavy atom. The maximum Gasteiger partial charge on any atom is 0.169 e. The van der Waals surface area contributed by atoms with Crippen LogP contribution in [0, 0.1) is 0 Å². The summed E-state index contributed by atoms with van der Waals surface area (Å²) >= 11 is 17.8. The van der Waals surface area contributed by atoms with E-state index in [1.54, 1.807) is 6.07 Å². The predicted octanol–water partition coefficient (Wildman–Crippen LogP) is 4.16. The van der Waals surface area contributed by atoms with Crippen molar-refractivity contribution < 1.29 is 14.3 Å². The summed E-state index contributed by atoms with van der Waals surface area (Å²) in [6.07, 6.45) is 0.355. The van der Waals surface area contributed by atoms with Gasteiger partial charge in [-0.3, -0.25) is 4.79 Å². The van der Waals surface area contributed by atoms with Crippen LogP contribution in [0.1, 0.15) is 19.8 Å². The van der Waals surface area contributed by atoms with Crippen LogP contribution in [0.4, 0.5) is 0 Å². The van der Waals surface area contributed by atoms with Gasteiger partial charge >= 0.3 is 0 Å². The lowest BCUT2D eigenvalue weighted by atomic mass is 9.90. The second-order valence-corrected chi connectivity index (χ2v) is 5.54. The minimum Gasteiger partial charge on any atom is -0.485 e. The van der Waals surface area contributed by atoms with Crippen LogP contribution in [0.5, 0.6) is 5.75 Å². The second kappa shape index (κ2) is 6.31. The molecule has 1 aromatic carbocycles. The molecule has 6 heteroatoms. The number of carbonyl (C=O) groups is 1. The summed E-state index contributed by atoms with van der Waals surface area (Å²) in [4.78, 5) is 11.5. The first kappa shape index (κ1) is 14.9. The first-order chi connectivity index (χ1) is 9.02. The summed E-state index contributed by atoms with van der Waals surface area (Å²) in [6, 6.07) is 3.06. The highest BCUT2D eigenvalue weighted by atomic mass is 35.5. The molecular formula is C13H13Cl3O3. The average Bonchev–Trinajstić information content (AvgIpc) is 2.35. The van der Waals surface area contributed by atoms with E-state index in [0.29, 0.717) is 33.8 Å². The highest BCUT2D eigenvalue weighted by Crippen LogP contribution is 2.36. The van der Waals surface area contributed by atoms with E-state index in [0.717, 1.165) is 6.42 Å². The van der Waals surface area contributed by atoms with E-state index in [2.05, 4.69) is 0 Å². The number of benzene rings is 1. The molecule has 2 rings (SSSR count). The van der Waals surface area contributed by atoms with Crippen LogP contribution in [0.3, 0.4) is 0 Å². The fourth-order valence-corrected chi connectivity index (χ4v) is 2.36. The van der Waals surface area contributed by atoms with Gasteiger partial charge in [0.1, 0.15) is 11.9 Å². The fourth-order valence-electron chi connectivity index (χ4n) is 1.77. The summed E-state index contributed by atoms with van der Waals surface area (Å²) in [5.41, 5.74) is 0.